The van der Waals surface area contributed by atoms with E-state index < -0.39 is 0 Å². The van der Waals surface area contributed by atoms with E-state index in [-0.39, 0.29) is 10.9 Å². The summed E-state index contributed by atoms with van der Waals surface area (Å²) < 4.78 is 0. The first-order valence-electron chi connectivity index (χ1n) is 5.16. The number of hydrogen-bond acceptors (Lipinski definition) is 1. The van der Waals surface area contributed by atoms with Crippen LogP contribution in [0.3, 0.4) is 0 Å². The zero-order chi connectivity index (χ0) is 12.3. The van der Waals surface area contributed by atoms with Crippen molar-refractivity contribution in [3.63, 3.8) is 0 Å². The summed E-state index contributed by atoms with van der Waals surface area (Å²) in [6, 6.07) is 5.51. The average molecular weight is 281 g/mol. The van der Waals surface area contributed by atoms with Crippen LogP contribution in [0, 0.1) is 0 Å². The van der Waals surface area contributed by atoms with Crippen molar-refractivity contribution in [2.45, 2.75) is 38.2 Å². The number of alkyl halides is 1. The molecule has 0 bridgehead atoms. The molecule has 1 atom stereocenters. The van der Waals surface area contributed by atoms with E-state index in [0.29, 0.717) is 16.6 Å². The van der Waals surface area contributed by atoms with Crippen LogP contribution in [0.2, 0.25) is 10.0 Å². The first kappa shape index (κ1) is 14.1. The third-order valence-corrected chi connectivity index (χ3v) is 3.88. The highest BCUT2D eigenvalue weighted by Gasteiger charge is 2.23. The number of halogens is 3. The summed E-state index contributed by atoms with van der Waals surface area (Å²) in [5.74, 6) is 0. The number of nitrogens with one attached hydrogen (secondary N) is 1. The van der Waals surface area contributed by atoms with Gasteiger partial charge < -0.3 is 5.32 Å². The molecule has 0 aliphatic rings. The third kappa shape index (κ3) is 3.81. The van der Waals surface area contributed by atoms with Gasteiger partial charge in [-0.1, -0.05) is 29.3 Å². The van der Waals surface area contributed by atoms with Gasteiger partial charge in [0.2, 0.25) is 0 Å². The van der Waals surface area contributed by atoms with Crippen LogP contribution in [0.15, 0.2) is 18.2 Å². The first-order chi connectivity index (χ1) is 7.33. The van der Waals surface area contributed by atoms with Crippen LogP contribution in [-0.4, -0.2) is 10.9 Å². The molecular formula is C12H16Cl3N. The number of hydrogen-bond donors (Lipinski definition) is 1. The topological polar surface area (TPSA) is 12.0 Å². The second-order valence-electron chi connectivity index (χ2n) is 4.43. The van der Waals surface area contributed by atoms with Crippen molar-refractivity contribution in [3.05, 3.63) is 33.8 Å². The Kier molecular flexibility index (Phi) is 4.93. The fourth-order valence-corrected chi connectivity index (χ4v) is 1.68. The molecule has 1 rings (SSSR count). The summed E-state index contributed by atoms with van der Waals surface area (Å²) >= 11 is 18.0. The van der Waals surface area contributed by atoms with Crippen molar-refractivity contribution in [3.8, 4) is 0 Å². The molecule has 1 nitrogen and oxygen atoms in total. The minimum absolute atomic E-state index is 0.0403. The van der Waals surface area contributed by atoms with Crippen molar-refractivity contribution >= 4 is 34.8 Å². The molecule has 16 heavy (non-hydrogen) atoms. The lowest BCUT2D eigenvalue weighted by molar-refractivity contribution is 0.380. The largest absolute Gasteiger partial charge is 0.306 e. The van der Waals surface area contributed by atoms with Gasteiger partial charge in [0.25, 0.3) is 0 Å². The molecule has 1 aromatic carbocycles. The summed E-state index contributed by atoms with van der Waals surface area (Å²) in [7, 11) is 0. The lowest BCUT2D eigenvalue weighted by atomic mass is 10.0. The van der Waals surface area contributed by atoms with Crippen LogP contribution in [0.25, 0.3) is 0 Å². The summed E-state index contributed by atoms with van der Waals surface area (Å²) in [4.78, 5) is 0. The second-order valence-corrected chi connectivity index (χ2v) is 5.93. The van der Waals surface area contributed by atoms with Crippen LogP contribution in [-0.2, 0) is 6.54 Å². The van der Waals surface area contributed by atoms with E-state index >= 15 is 0 Å². The van der Waals surface area contributed by atoms with Gasteiger partial charge in [0.05, 0.1) is 0 Å². The van der Waals surface area contributed by atoms with Crippen LogP contribution in [0.1, 0.15) is 26.3 Å². The summed E-state index contributed by atoms with van der Waals surface area (Å²) in [5.41, 5.74) is 0.890. The van der Waals surface area contributed by atoms with E-state index in [0.717, 1.165) is 5.56 Å². The molecule has 0 aromatic heterocycles. The lowest BCUT2D eigenvalue weighted by Gasteiger charge is -2.29. The highest BCUT2D eigenvalue weighted by molar-refractivity contribution is 6.35. The fourth-order valence-electron chi connectivity index (χ4n) is 1.13. The maximum absolute atomic E-state index is 6.08. The van der Waals surface area contributed by atoms with E-state index in [1.165, 1.54) is 0 Å². The van der Waals surface area contributed by atoms with E-state index in [1.54, 1.807) is 6.07 Å². The van der Waals surface area contributed by atoms with Crippen molar-refractivity contribution < 1.29 is 0 Å². The van der Waals surface area contributed by atoms with E-state index in [2.05, 4.69) is 19.2 Å². The minimum Gasteiger partial charge on any atom is -0.306 e. The van der Waals surface area contributed by atoms with Gasteiger partial charge in [0.1, 0.15) is 0 Å². The molecule has 0 saturated carbocycles. The highest BCUT2D eigenvalue weighted by Crippen LogP contribution is 2.22. The van der Waals surface area contributed by atoms with Gasteiger partial charge in [0.15, 0.2) is 0 Å². The van der Waals surface area contributed by atoms with Crippen molar-refractivity contribution in [1.29, 1.82) is 0 Å². The number of rotatable bonds is 4. The smallest absolute Gasteiger partial charge is 0.0484 e. The zero-order valence-electron chi connectivity index (χ0n) is 9.65. The molecule has 0 aliphatic heterocycles. The SMILES string of the molecule is CC(Cl)C(C)(C)NCc1ccc(Cl)cc1Cl. The molecule has 0 fully saturated rings. The molecule has 0 heterocycles. The monoisotopic (exact) mass is 279 g/mol. The Hall–Kier alpha value is 0.0500. The summed E-state index contributed by atoms with van der Waals surface area (Å²) in [5, 5.41) is 4.75. The maximum Gasteiger partial charge on any atom is 0.0484 e. The normalized spacial score (nSPS) is 13.9. The molecule has 0 spiro atoms. The van der Waals surface area contributed by atoms with Gasteiger partial charge in [-0.2, -0.15) is 0 Å². The molecule has 4 heteroatoms. The van der Waals surface area contributed by atoms with Gasteiger partial charge in [0, 0.05) is 27.5 Å². The Morgan fingerprint density at radius 2 is 1.94 bits per heavy atom. The Morgan fingerprint density at radius 3 is 2.44 bits per heavy atom. The third-order valence-electron chi connectivity index (χ3n) is 2.74. The molecule has 1 aromatic rings. The molecule has 0 amide bonds. The minimum atomic E-state index is -0.134. The van der Waals surface area contributed by atoms with E-state index in [4.69, 9.17) is 34.8 Å². The highest BCUT2D eigenvalue weighted by atomic mass is 35.5. The van der Waals surface area contributed by atoms with Crippen LogP contribution in [0.5, 0.6) is 0 Å². The predicted octanol–water partition coefficient (Wildman–Crippen LogP) is 4.49. The molecule has 1 unspecified atom stereocenters. The van der Waals surface area contributed by atoms with Gasteiger partial charge in [-0.05, 0) is 38.5 Å². The van der Waals surface area contributed by atoms with Crippen molar-refractivity contribution in [2.24, 2.45) is 0 Å². The predicted molar refractivity (Wildman–Crippen MR) is 72.7 cm³/mol. The van der Waals surface area contributed by atoms with E-state index in [1.807, 2.05) is 19.1 Å². The first-order valence-corrected chi connectivity index (χ1v) is 6.35. The molecule has 0 radical (unpaired) electrons. The zero-order valence-corrected chi connectivity index (χ0v) is 11.9. The second kappa shape index (κ2) is 5.59. The van der Waals surface area contributed by atoms with Gasteiger partial charge in [-0.25, -0.2) is 0 Å². The fraction of sp³-hybridized carbons (Fsp3) is 0.500. The quantitative estimate of drug-likeness (QED) is 0.801. The van der Waals surface area contributed by atoms with Gasteiger partial charge >= 0.3 is 0 Å². The van der Waals surface area contributed by atoms with Crippen LogP contribution >= 0.6 is 34.8 Å². The van der Waals surface area contributed by atoms with Crippen molar-refractivity contribution in [2.75, 3.05) is 0 Å². The van der Waals surface area contributed by atoms with Gasteiger partial charge in [-0.15, -0.1) is 11.6 Å². The van der Waals surface area contributed by atoms with Crippen LogP contribution in [0.4, 0.5) is 0 Å². The number of benzene rings is 1. The lowest BCUT2D eigenvalue weighted by Crippen LogP contribution is -2.45. The van der Waals surface area contributed by atoms with Gasteiger partial charge in [-0.3, -0.25) is 0 Å². The summed E-state index contributed by atoms with van der Waals surface area (Å²) in [6.07, 6.45) is 0. The molecular weight excluding hydrogens is 264 g/mol. The Bertz CT molecular complexity index is 361. The average Bonchev–Trinajstić information content (AvgIpc) is 2.16. The maximum atomic E-state index is 6.08. The summed E-state index contributed by atoms with van der Waals surface area (Å²) in [6.45, 7) is 6.78. The van der Waals surface area contributed by atoms with Crippen molar-refractivity contribution in [1.82, 2.24) is 5.32 Å². The Balaban J connectivity index is 2.68. The molecule has 1 N–H and O–H groups in total. The molecule has 0 saturated heterocycles. The molecule has 90 valence electrons. The standard InChI is InChI=1S/C12H16Cl3N/c1-8(13)12(2,3)16-7-9-4-5-10(14)6-11(9)15/h4-6,8,16H,7H2,1-3H3. The van der Waals surface area contributed by atoms with Crippen LogP contribution < -0.4 is 5.32 Å². The Labute approximate surface area is 112 Å². The molecule has 0 aliphatic carbocycles. The van der Waals surface area contributed by atoms with E-state index in [9.17, 15) is 0 Å². The Morgan fingerprint density at radius 1 is 1.31 bits per heavy atom.